The second-order valence-electron chi connectivity index (χ2n) is 9.15. The van der Waals surface area contributed by atoms with Gasteiger partial charge in [-0.25, -0.2) is 4.79 Å². The van der Waals surface area contributed by atoms with Crippen LogP contribution in [-0.4, -0.2) is 57.7 Å². The molecule has 0 bridgehead atoms. The van der Waals surface area contributed by atoms with Crippen molar-refractivity contribution in [2.24, 2.45) is 5.92 Å². The van der Waals surface area contributed by atoms with Crippen molar-refractivity contribution in [3.05, 3.63) is 47.5 Å². The number of carbonyl (C=O) groups excluding carboxylic acids is 3. The van der Waals surface area contributed by atoms with E-state index in [1.807, 2.05) is 25.1 Å². The SMILES string of the molecule is COc1cc(OC)cc(C(=O)N[C@H](C(=O)OCC(=O)Nc2ccc(N3CCCC3)c(C)c2)C(C)C)c1. The average Bonchev–Trinajstić information content (AvgIpc) is 3.39. The van der Waals surface area contributed by atoms with E-state index in [1.54, 1.807) is 32.0 Å². The maximum absolute atomic E-state index is 12.8. The van der Waals surface area contributed by atoms with E-state index in [0.29, 0.717) is 17.2 Å². The molecule has 0 unspecified atom stereocenters. The number of hydrogen-bond donors (Lipinski definition) is 2. The van der Waals surface area contributed by atoms with Crippen molar-refractivity contribution in [2.75, 3.05) is 44.1 Å². The van der Waals surface area contributed by atoms with Gasteiger partial charge < -0.3 is 29.7 Å². The highest BCUT2D eigenvalue weighted by molar-refractivity contribution is 5.98. The number of nitrogens with one attached hydrogen (secondary N) is 2. The quantitative estimate of drug-likeness (QED) is 0.484. The molecule has 9 nitrogen and oxygen atoms in total. The van der Waals surface area contributed by atoms with Gasteiger partial charge in [0.2, 0.25) is 0 Å². The molecule has 2 aromatic carbocycles. The van der Waals surface area contributed by atoms with Crippen molar-refractivity contribution >= 4 is 29.2 Å². The molecule has 0 aliphatic carbocycles. The summed E-state index contributed by atoms with van der Waals surface area (Å²) in [6, 6.07) is 9.55. The average molecular weight is 498 g/mol. The standard InChI is InChI=1S/C27H35N3O6/c1-17(2)25(29-26(32)19-13-21(34-4)15-22(14-19)35-5)27(33)36-16-24(31)28-20-8-9-23(18(3)12-20)30-10-6-7-11-30/h8-9,12-15,17,25H,6-7,10-11,16H2,1-5H3,(H,28,31)(H,29,32)/t25-/m0/s1. The van der Waals surface area contributed by atoms with Crippen LogP contribution in [0.15, 0.2) is 36.4 Å². The lowest BCUT2D eigenvalue weighted by atomic mass is 10.0. The monoisotopic (exact) mass is 497 g/mol. The van der Waals surface area contributed by atoms with Crippen molar-refractivity contribution in [1.82, 2.24) is 5.32 Å². The molecule has 1 aliphatic heterocycles. The summed E-state index contributed by atoms with van der Waals surface area (Å²) < 4.78 is 15.6. The second-order valence-corrected chi connectivity index (χ2v) is 9.15. The fourth-order valence-corrected chi connectivity index (χ4v) is 4.13. The number of anilines is 2. The normalized spacial score (nSPS) is 13.8. The van der Waals surface area contributed by atoms with Crippen LogP contribution < -0.4 is 25.0 Å². The van der Waals surface area contributed by atoms with Crippen molar-refractivity contribution in [1.29, 1.82) is 0 Å². The number of rotatable bonds is 10. The van der Waals surface area contributed by atoms with E-state index in [0.717, 1.165) is 18.7 Å². The molecular weight excluding hydrogens is 462 g/mol. The van der Waals surface area contributed by atoms with Gasteiger partial charge in [-0.2, -0.15) is 0 Å². The van der Waals surface area contributed by atoms with E-state index < -0.39 is 30.4 Å². The van der Waals surface area contributed by atoms with E-state index in [-0.39, 0.29) is 11.5 Å². The zero-order valence-electron chi connectivity index (χ0n) is 21.6. The molecule has 2 amide bonds. The van der Waals surface area contributed by atoms with Crippen LogP contribution in [0.25, 0.3) is 0 Å². The van der Waals surface area contributed by atoms with Crippen molar-refractivity contribution in [2.45, 2.75) is 39.7 Å². The van der Waals surface area contributed by atoms with Gasteiger partial charge >= 0.3 is 5.97 Å². The molecule has 2 aromatic rings. The first-order valence-corrected chi connectivity index (χ1v) is 12.1. The summed E-state index contributed by atoms with van der Waals surface area (Å²) in [6.07, 6.45) is 2.38. The van der Waals surface area contributed by atoms with Gasteiger partial charge in [-0.15, -0.1) is 0 Å². The number of esters is 1. The molecule has 0 aromatic heterocycles. The Hall–Kier alpha value is -3.75. The zero-order valence-corrected chi connectivity index (χ0v) is 21.6. The summed E-state index contributed by atoms with van der Waals surface area (Å²) >= 11 is 0. The molecule has 9 heteroatoms. The Morgan fingerprint density at radius 2 is 1.61 bits per heavy atom. The number of benzene rings is 2. The fourth-order valence-electron chi connectivity index (χ4n) is 4.13. The third kappa shape index (κ3) is 6.90. The smallest absolute Gasteiger partial charge is 0.329 e. The molecule has 1 atom stereocenters. The summed E-state index contributed by atoms with van der Waals surface area (Å²) in [5.74, 6) is -1.00. The molecule has 2 N–H and O–H groups in total. The third-order valence-corrected chi connectivity index (χ3v) is 6.09. The van der Waals surface area contributed by atoms with Gasteiger partial charge in [-0.1, -0.05) is 13.8 Å². The lowest BCUT2D eigenvalue weighted by molar-refractivity contribution is -0.150. The van der Waals surface area contributed by atoms with Gasteiger partial charge in [0, 0.05) is 36.1 Å². The number of aryl methyl sites for hydroxylation is 1. The van der Waals surface area contributed by atoms with Gasteiger partial charge in [0.05, 0.1) is 14.2 Å². The topological polar surface area (TPSA) is 106 Å². The minimum atomic E-state index is -0.940. The van der Waals surface area contributed by atoms with Crippen LogP contribution in [0.5, 0.6) is 11.5 Å². The Morgan fingerprint density at radius 3 is 2.17 bits per heavy atom. The predicted octanol–water partition coefficient (Wildman–Crippen LogP) is 3.55. The maximum Gasteiger partial charge on any atom is 0.329 e. The third-order valence-electron chi connectivity index (χ3n) is 6.09. The minimum Gasteiger partial charge on any atom is -0.497 e. The van der Waals surface area contributed by atoms with E-state index >= 15 is 0 Å². The number of methoxy groups -OCH3 is 2. The van der Waals surface area contributed by atoms with Crippen LogP contribution in [0.3, 0.4) is 0 Å². The van der Waals surface area contributed by atoms with Gasteiger partial charge in [0.1, 0.15) is 17.5 Å². The van der Waals surface area contributed by atoms with Crippen LogP contribution >= 0.6 is 0 Å². The highest BCUT2D eigenvalue weighted by Crippen LogP contribution is 2.27. The molecule has 1 aliphatic rings. The fraction of sp³-hybridized carbons (Fsp3) is 0.444. The maximum atomic E-state index is 12.8. The van der Waals surface area contributed by atoms with E-state index in [1.165, 1.54) is 32.7 Å². The van der Waals surface area contributed by atoms with E-state index in [4.69, 9.17) is 14.2 Å². The number of carbonyl (C=O) groups is 3. The number of hydrogen-bond acceptors (Lipinski definition) is 7. The molecule has 1 saturated heterocycles. The molecule has 0 saturated carbocycles. The Balaban J connectivity index is 1.57. The van der Waals surface area contributed by atoms with Gasteiger partial charge in [0.25, 0.3) is 11.8 Å². The highest BCUT2D eigenvalue weighted by atomic mass is 16.5. The van der Waals surface area contributed by atoms with Gasteiger partial charge in [0.15, 0.2) is 6.61 Å². The van der Waals surface area contributed by atoms with Gasteiger partial charge in [-0.3, -0.25) is 9.59 Å². The van der Waals surface area contributed by atoms with Crippen molar-refractivity contribution in [3.63, 3.8) is 0 Å². The van der Waals surface area contributed by atoms with E-state index in [2.05, 4.69) is 15.5 Å². The molecule has 36 heavy (non-hydrogen) atoms. The summed E-state index contributed by atoms with van der Waals surface area (Å²) in [6.45, 7) is 7.20. The largest absolute Gasteiger partial charge is 0.497 e. The predicted molar refractivity (Wildman–Crippen MR) is 138 cm³/mol. The molecule has 1 heterocycles. The molecule has 1 fully saturated rings. The lowest BCUT2D eigenvalue weighted by Gasteiger charge is -2.21. The molecular formula is C27H35N3O6. The van der Waals surface area contributed by atoms with Crippen LogP contribution in [0.4, 0.5) is 11.4 Å². The first-order valence-electron chi connectivity index (χ1n) is 12.1. The summed E-state index contributed by atoms with van der Waals surface area (Å²) in [5, 5.41) is 5.45. The number of amides is 2. The molecule has 0 radical (unpaired) electrons. The number of ether oxygens (including phenoxy) is 3. The Labute approximate surface area is 212 Å². The first kappa shape index (κ1) is 26.8. The Kier molecular flexibility index (Phi) is 9.16. The Bertz CT molecular complexity index is 1070. The molecule has 3 rings (SSSR count). The van der Waals surface area contributed by atoms with Crippen LogP contribution in [0.1, 0.15) is 42.6 Å². The molecule has 0 spiro atoms. The number of nitrogens with zero attached hydrogens (tertiary/aromatic N) is 1. The minimum absolute atomic E-state index is 0.266. The summed E-state index contributed by atoms with van der Waals surface area (Å²) in [4.78, 5) is 40.3. The van der Waals surface area contributed by atoms with Crippen LogP contribution in [-0.2, 0) is 14.3 Å². The summed E-state index contributed by atoms with van der Waals surface area (Å²) in [7, 11) is 2.97. The second kappa shape index (κ2) is 12.3. The van der Waals surface area contributed by atoms with Gasteiger partial charge in [-0.05, 0) is 61.6 Å². The van der Waals surface area contributed by atoms with Crippen LogP contribution in [0, 0.1) is 12.8 Å². The summed E-state index contributed by atoms with van der Waals surface area (Å²) in [5.41, 5.74) is 3.15. The zero-order chi connectivity index (χ0) is 26.2. The molecule has 194 valence electrons. The van der Waals surface area contributed by atoms with Crippen LogP contribution in [0.2, 0.25) is 0 Å². The first-order chi connectivity index (χ1) is 17.2. The highest BCUT2D eigenvalue weighted by Gasteiger charge is 2.27. The van der Waals surface area contributed by atoms with Crippen molar-refractivity contribution < 1.29 is 28.6 Å². The van der Waals surface area contributed by atoms with Crippen molar-refractivity contribution in [3.8, 4) is 11.5 Å². The Morgan fingerprint density at radius 1 is 0.972 bits per heavy atom. The lowest BCUT2D eigenvalue weighted by Crippen LogP contribution is -2.46. The van der Waals surface area contributed by atoms with E-state index in [9.17, 15) is 14.4 Å².